The molecule has 1 N–H and O–H groups in total. The van der Waals surface area contributed by atoms with Gasteiger partial charge in [-0.25, -0.2) is 13.4 Å². The summed E-state index contributed by atoms with van der Waals surface area (Å²) in [6.45, 7) is 0.742. The highest BCUT2D eigenvalue weighted by Crippen LogP contribution is 2.15. The molecule has 0 aliphatic rings. The number of nitrogens with zero attached hydrogens (tertiary/aromatic N) is 2. The molecule has 0 spiro atoms. The molecule has 2 rings (SSSR count). The zero-order valence-corrected chi connectivity index (χ0v) is 16.2. The molecule has 1 heterocycles. The van der Waals surface area contributed by atoms with Crippen LogP contribution in [-0.4, -0.2) is 49.8 Å². The number of pyridine rings is 1. The Morgan fingerprint density at radius 2 is 1.85 bits per heavy atom. The summed E-state index contributed by atoms with van der Waals surface area (Å²) in [6, 6.07) is 9.27. The fourth-order valence-electron chi connectivity index (χ4n) is 1.98. The minimum absolute atomic E-state index is 0.0648. The number of esters is 1. The van der Waals surface area contributed by atoms with E-state index < -0.39 is 35.1 Å². The zero-order chi connectivity index (χ0) is 20.0. The predicted molar refractivity (Wildman–Crippen MR) is 99.8 cm³/mol. The predicted octanol–water partition coefficient (Wildman–Crippen LogP) is 1.85. The number of likely N-dealkylation sites (N-methyl/N-ethyl adjacent to an activating group) is 1. The van der Waals surface area contributed by atoms with E-state index in [0.717, 1.165) is 9.87 Å². The van der Waals surface area contributed by atoms with Crippen LogP contribution in [-0.2, 0) is 24.3 Å². The van der Waals surface area contributed by atoms with Gasteiger partial charge in [0.25, 0.3) is 5.91 Å². The van der Waals surface area contributed by atoms with Crippen molar-refractivity contribution >= 4 is 39.3 Å². The number of halogens is 1. The lowest BCUT2D eigenvalue weighted by Crippen LogP contribution is -2.34. The smallest absolute Gasteiger partial charge is 0.321 e. The number of sulfonamides is 1. The van der Waals surface area contributed by atoms with Gasteiger partial charge < -0.3 is 10.1 Å². The number of hydrogen-bond donors (Lipinski definition) is 1. The number of amides is 1. The average molecular weight is 412 g/mol. The molecular formula is C17H18ClN3O5S. The van der Waals surface area contributed by atoms with Crippen LogP contribution in [0.25, 0.3) is 0 Å². The SMILES string of the molecule is Cc1ccc(S(=O)(=O)N(C)CC(=O)OCC(=O)Nc2ccc(Cl)cn2)cc1. The maximum atomic E-state index is 12.4. The molecule has 27 heavy (non-hydrogen) atoms. The monoisotopic (exact) mass is 411 g/mol. The highest BCUT2D eigenvalue weighted by Gasteiger charge is 2.23. The first-order valence-corrected chi connectivity index (χ1v) is 9.60. The molecule has 144 valence electrons. The van der Waals surface area contributed by atoms with Gasteiger partial charge >= 0.3 is 5.97 Å². The van der Waals surface area contributed by atoms with E-state index >= 15 is 0 Å². The number of carbonyl (C=O) groups excluding carboxylic acids is 2. The minimum Gasteiger partial charge on any atom is -0.455 e. The second-order valence-corrected chi connectivity index (χ2v) is 8.13. The molecule has 0 aliphatic carbocycles. The van der Waals surface area contributed by atoms with Gasteiger partial charge in [-0.3, -0.25) is 9.59 Å². The van der Waals surface area contributed by atoms with Gasteiger partial charge in [-0.15, -0.1) is 0 Å². The molecular weight excluding hydrogens is 394 g/mol. The summed E-state index contributed by atoms with van der Waals surface area (Å²) >= 11 is 5.69. The van der Waals surface area contributed by atoms with Crippen molar-refractivity contribution in [2.75, 3.05) is 25.5 Å². The molecule has 8 nitrogen and oxygen atoms in total. The van der Waals surface area contributed by atoms with Gasteiger partial charge in [0.2, 0.25) is 10.0 Å². The van der Waals surface area contributed by atoms with Gasteiger partial charge in [-0.1, -0.05) is 29.3 Å². The van der Waals surface area contributed by atoms with Gasteiger partial charge in [0.15, 0.2) is 6.61 Å². The number of anilines is 1. The summed E-state index contributed by atoms with van der Waals surface area (Å²) in [4.78, 5) is 27.5. The lowest BCUT2D eigenvalue weighted by Gasteiger charge is -2.16. The maximum absolute atomic E-state index is 12.4. The Labute approximate surface area is 162 Å². The normalized spacial score (nSPS) is 11.3. The van der Waals surface area contributed by atoms with Crippen LogP contribution in [0, 0.1) is 6.92 Å². The molecule has 0 atom stereocenters. The van der Waals surface area contributed by atoms with E-state index in [-0.39, 0.29) is 10.7 Å². The molecule has 0 unspecified atom stereocenters. The first kappa shape index (κ1) is 20.8. The van der Waals surface area contributed by atoms with Crippen molar-refractivity contribution in [2.45, 2.75) is 11.8 Å². The largest absolute Gasteiger partial charge is 0.455 e. The molecule has 1 aromatic heterocycles. The third kappa shape index (κ3) is 6.02. The van der Waals surface area contributed by atoms with Crippen LogP contribution in [0.5, 0.6) is 0 Å². The van der Waals surface area contributed by atoms with Gasteiger partial charge in [0.05, 0.1) is 9.92 Å². The summed E-state index contributed by atoms with van der Waals surface area (Å²) in [5, 5.41) is 2.84. The van der Waals surface area contributed by atoms with Crippen molar-refractivity contribution in [1.82, 2.24) is 9.29 Å². The number of carbonyl (C=O) groups is 2. The van der Waals surface area contributed by atoms with Crippen LogP contribution >= 0.6 is 11.6 Å². The molecule has 0 radical (unpaired) electrons. The number of benzene rings is 1. The highest BCUT2D eigenvalue weighted by atomic mass is 35.5. The van der Waals surface area contributed by atoms with Crippen LogP contribution in [0.15, 0.2) is 47.5 Å². The van der Waals surface area contributed by atoms with Crippen molar-refractivity contribution in [1.29, 1.82) is 0 Å². The molecule has 1 aromatic carbocycles. The topological polar surface area (TPSA) is 106 Å². The van der Waals surface area contributed by atoms with E-state index in [9.17, 15) is 18.0 Å². The molecule has 0 bridgehead atoms. The van der Waals surface area contributed by atoms with Crippen LogP contribution in [0.2, 0.25) is 5.02 Å². The lowest BCUT2D eigenvalue weighted by molar-refractivity contribution is -0.147. The van der Waals surface area contributed by atoms with Crippen molar-refractivity contribution in [3.8, 4) is 0 Å². The Balaban J connectivity index is 1.86. The van der Waals surface area contributed by atoms with Gasteiger partial charge in [-0.05, 0) is 31.2 Å². The van der Waals surface area contributed by atoms with Crippen LogP contribution in [0.3, 0.4) is 0 Å². The summed E-state index contributed by atoms with van der Waals surface area (Å²) in [5.41, 5.74) is 0.914. The number of hydrogen-bond acceptors (Lipinski definition) is 6. The van der Waals surface area contributed by atoms with E-state index in [1.807, 2.05) is 6.92 Å². The van der Waals surface area contributed by atoms with Crippen LogP contribution in [0.4, 0.5) is 5.82 Å². The Bertz CT molecular complexity index is 915. The first-order chi connectivity index (χ1) is 12.7. The maximum Gasteiger partial charge on any atom is 0.321 e. The zero-order valence-electron chi connectivity index (χ0n) is 14.7. The number of aromatic nitrogens is 1. The number of rotatable bonds is 7. The van der Waals surface area contributed by atoms with E-state index in [1.54, 1.807) is 18.2 Å². The lowest BCUT2D eigenvalue weighted by atomic mass is 10.2. The molecule has 0 aliphatic heterocycles. The fraction of sp³-hybridized carbons (Fsp3) is 0.235. The average Bonchev–Trinajstić information content (AvgIpc) is 2.62. The Morgan fingerprint density at radius 3 is 2.44 bits per heavy atom. The first-order valence-electron chi connectivity index (χ1n) is 7.78. The Morgan fingerprint density at radius 1 is 1.19 bits per heavy atom. The number of aryl methyl sites for hydroxylation is 1. The standard InChI is InChI=1S/C17H18ClN3O5S/c1-12-3-6-14(7-4-12)27(24,25)21(2)10-17(23)26-11-16(22)20-15-8-5-13(18)9-19-15/h3-9H,10-11H2,1-2H3,(H,19,20,22). The van der Waals surface area contributed by atoms with E-state index in [2.05, 4.69) is 10.3 Å². The van der Waals surface area contributed by atoms with E-state index in [0.29, 0.717) is 5.02 Å². The van der Waals surface area contributed by atoms with Gasteiger partial charge in [0, 0.05) is 13.2 Å². The van der Waals surface area contributed by atoms with E-state index in [4.69, 9.17) is 16.3 Å². The second-order valence-electron chi connectivity index (χ2n) is 5.64. The molecule has 0 fully saturated rings. The summed E-state index contributed by atoms with van der Waals surface area (Å²) < 4.78 is 30.5. The van der Waals surface area contributed by atoms with Gasteiger partial charge in [-0.2, -0.15) is 4.31 Å². The van der Waals surface area contributed by atoms with Crippen molar-refractivity contribution in [2.24, 2.45) is 0 Å². The van der Waals surface area contributed by atoms with Crippen molar-refractivity contribution < 1.29 is 22.7 Å². The minimum atomic E-state index is -3.83. The second kappa shape index (κ2) is 8.94. The third-order valence-corrected chi connectivity index (χ3v) is 5.48. The van der Waals surface area contributed by atoms with Crippen LogP contribution < -0.4 is 5.32 Å². The molecule has 1 amide bonds. The molecule has 2 aromatic rings. The number of ether oxygens (including phenoxy) is 1. The van der Waals surface area contributed by atoms with Crippen LogP contribution in [0.1, 0.15) is 5.56 Å². The highest BCUT2D eigenvalue weighted by molar-refractivity contribution is 7.89. The number of nitrogens with one attached hydrogen (secondary N) is 1. The fourth-order valence-corrected chi connectivity index (χ4v) is 3.20. The Kier molecular flexibility index (Phi) is 6.89. The summed E-state index contributed by atoms with van der Waals surface area (Å²) in [6.07, 6.45) is 1.36. The summed E-state index contributed by atoms with van der Waals surface area (Å²) in [5.74, 6) is -1.21. The summed E-state index contributed by atoms with van der Waals surface area (Å²) in [7, 11) is -2.57. The molecule has 0 saturated carbocycles. The van der Waals surface area contributed by atoms with Crippen molar-refractivity contribution in [3.63, 3.8) is 0 Å². The quantitative estimate of drug-likeness (QED) is 0.697. The molecule has 0 saturated heterocycles. The third-order valence-electron chi connectivity index (χ3n) is 3.44. The Hall–Kier alpha value is -2.49. The van der Waals surface area contributed by atoms with Crippen molar-refractivity contribution in [3.05, 3.63) is 53.2 Å². The molecule has 10 heteroatoms. The van der Waals surface area contributed by atoms with E-state index in [1.165, 1.54) is 31.4 Å². The van der Waals surface area contributed by atoms with Gasteiger partial charge in [0.1, 0.15) is 12.4 Å².